The highest BCUT2D eigenvalue weighted by atomic mass is 35.5. The zero-order valence-corrected chi connectivity index (χ0v) is 17.3. The maximum atomic E-state index is 12.3. The molecule has 1 fully saturated rings. The molecule has 2 aromatic rings. The van der Waals surface area contributed by atoms with Gasteiger partial charge < -0.3 is 15.4 Å². The summed E-state index contributed by atoms with van der Waals surface area (Å²) in [5.41, 5.74) is 1.66. The molecule has 0 radical (unpaired) electrons. The number of piperidine rings is 1. The molecule has 1 aliphatic heterocycles. The van der Waals surface area contributed by atoms with Crippen molar-refractivity contribution < 1.29 is 9.53 Å². The fourth-order valence-corrected chi connectivity index (χ4v) is 3.22. The van der Waals surface area contributed by atoms with Gasteiger partial charge in [-0.2, -0.15) is 5.10 Å². The van der Waals surface area contributed by atoms with E-state index in [-0.39, 0.29) is 18.3 Å². The van der Waals surface area contributed by atoms with Gasteiger partial charge >= 0.3 is 0 Å². The Morgan fingerprint density at radius 1 is 1.32 bits per heavy atom. The molecular weight excluding hydrogens is 376 g/mol. The van der Waals surface area contributed by atoms with Crippen LogP contribution in [0.5, 0.6) is 5.75 Å². The van der Waals surface area contributed by atoms with Crippen molar-refractivity contribution in [2.75, 3.05) is 26.2 Å². The van der Waals surface area contributed by atoms with Crippen molar-refractivity contribution in [2.24, 2.45) is 0 Å². The van der Waals surface area contributed by atoms with Gasteiger partial charge in [0.25, 0.3) is 5.91 Å². The fourth-order valence-electron chi connectivity index (χ4n) is 3.22. The third kappa shape index (κ3) is 6.53. The predicted molar refractivity (Wildman–Crippen MR) is 113 cm³/mol. The van der Waals surface area contributed by atoms with Crippen LogP contribution in [0.3, 0.4) is 0 Å². The van der Waals surface area contributed by atoms with Crippen LogP contribution in [0.2, 0.25) is 0 Å². The molecule has 7 heteroatoms. The fraction of sp³-hybridized carbons (Fsp3) is 0.524. The number of rotatable bonds is 9. The number of nitrogens with one attached hydrogen (secondary N) is 2. The summed E-state index contributed by atoms with van der Waals surface area (Å²) in [4.78, 5) is 12.3. The van der Waals surface area contributed by atoms with Crippen LogP contribution in [-0.4, -0.2) is 41.9 Å². The van der Waals surface area contributed by atoms with E-state index in [9.17, 15) is 4.79 Å². The molecule has 2 heterocycles. The molecule has 0 spiro atoms. The Balaban J connectivity index is 0.00000280. The second-order valence-electron chi connectivity index (χ2n) is 7.03. The van der Waals surface area contributed by atoms with Crippen molar-refractivity contribution in [1.82, 2.24) is 20.4 Å². The summed E-state index contributed by atoms with van der Waals surface area (Å²) in [5.74, 6) is 0.788. The summed E-state index contributed by atoms with van der Waals surface area (Å²) >= 11 is 0. The van der Waals surface area contributed by atoms with Crippen molar-refractivity contribution in [3.05, 3.63) is 47.8 Å². The molecule has 1 aromatic heterocycles. The normalized spacial score (nSPS) is 16.2. The molecular formula is C21H31ClN4O2. The standard InChI is InChI=1S/C21H30N4O2.ClH/c1-2-3-15-27-19-8-6-17(7-9-19)10-13-23-21(26)20-11-14-25(24-20)18-5-4-12-22-16-18;/h6-9,11,14,18,22H,2-5,10,12-13,15-16H2,1H3,(H,23,26);1H. The molecule has 3 rings (SSSR count). The van der Waals surface area contributed by atoms with Gasteiger partial charge in [-0.05, 0) is 56.0 Å². The Bertz CT molecular complexity index is 711. The third-order valence-electron chi connectivity index (χ3n) is 4.88. The molecule has 1 atom stereocenters. The van der Waals surface area contributed by atoms with Crippen molar-refractivity contribution in [3.8, 4) is 5.75 Å². The smallest absolute Gasteiger partial charge is 0.271 e. The summed E-state index contributed by atoms with van der Waals surface area (Å²) in [6.45, 7) is 5.48. The number of ether oxygens (including phenoxy) is 1. The SMILES string of the molecule is CCCCOc1ccc(CCNC(=O)c2ccn(C3CCCNC3)n2)cc1.Cl. The number of aromatic nitrogens is 2. The van der Waals surface area contributed by atoms with Crippen LogP contribution < -0.4 is 15.4 Å². The number of unbranched alkanes of at least 4 members (excludes halogenated alkanes) is 1. The highest BCUT2D eigenvalue weighted by Gasteiger charge is 2.17. The van der Waals surface area contributed by atoms with Gasteiger partial charge in [0.15, 0.2) is 0 Å². The first-order valence-corrected chi connectivity index (χ1v) is 10.0. The van der Waals surface area contributed by atoms with E-state index >= 15 is 0 Å². The Morgan fingerprint density at radius 3 is 2.86 bits per heavy atom. The van der Waals surface area contributed by atoms with E-state index in [0.29, 0.717) is 18.3 Å². The topological polar surface area (TPSA) is 68.2 Å². The summed E-state index contributed by atoms with van der Waals surface area (Å²) in [5, 5.41) is 10.8. The summed E-state index contributed by atoms with van der Waals surface area (Å²) in [6.07, 6.45) is 7.15. The Kier molecular flexibility index (Phi) is 9.31. The Morgan fingerprint density at radius 2 is 2.14 bits per heavy atom. The van der Waals surface area contributed by atoms with Gasteiger partial charge in [0.1, 0.15) is 11.4 Å². The number of carbonyl (C=O) groups excluding carboxylic acids is 1. The molecule has 0 aliphatic carbocycles. The molecule has 0 bridgehead atoms. The van der Waals surface area contributed by atoms with E-state index in [1.54, 1.807) is 6.07 Å². The zero-order valence-electron chi connectivity index (χ0n) is 16.5. The van der Waals surface area contributed by atoms with Crippen molar-refractivity contribution >= 4 is 18.3 Å². The van der Waals surface area contributed by atoms with Gasteiger partial charge in [0, 0.05) is 19.3 Å². The third-order valence-corrected chi connectivity index (χ3v) is 4.88. The van der Waals surface area contributed by atoms with Crippen LogP contribution in [0.25, 0.3) is 0 Å². The maximum Gasteiger partial charge on any atom is 0.271 e. The first kappa shape index (κ1) is 22.2. The lowest BCUT2D eigenvalue weighted by Gasteiger charge is -2.22. The second kappa shape index (κ2) is 11.7. The highest BCUT2D eigenvalue weighted by Crippen LogP contribution is 2.16. The number of hydrogen-bond acceptors (Lipinski definition) is 4. The van der Waals surface area contributed by atoms with Crippen LogP contribution in [0.4, 0.5) is 0 Å². The van der Waals surface area contributed by atoms with Gasteiger partial charge in [-0.15, -0.1) is 12.4 Å². The molecule has 1 unspecified atom stereocenters. The molecule has 0 saturated carbocycles. The van der Waals surface area contributed by atoms with Crippen molar-refractivity contribution in [1.29, 1.82) is 0 Å². The van der Waals surface area contributed by atoms with Gasteiger partial charge in [-0.25, -0.2) is 0 Å². The van der Waals surface area contributed by atoms with E-state index in [0.717, 1.165) is 57.6 Å². The van der Waals surface area contributed by atoms with E-state index in [4.69, 9.17) is 4.74 Å². The van der Waals surface area contributed by atoms with Gasteiger partial charge in [0.2, 0.25) is 0 Å². The first-order valence-electron chi connectivity index (χ1n) is 10.0. The second-order valence-corrected chi connectivity index (χ2v) is 7.03. The number of carbonyl (C=O) groups is 1. The predicted octanol–water partition coefficient (Wildman–Crippen LogP) is 3.38. The minimum Gasteiger partial charge on any atom is -0.494 e. The maximum absolute atomic E-state index is 12.3. The first-order chi connectivity index (χ1) is 13.3. The highest BCUT2D eigenvalue weighted by molar-refractivity contribution is 5.92. The van der Waals surface area contributed by atoms with Crippen LogP contribution in [0, 0.1) is 0 Å². The van der Waals surface area contributed by atoms with Crippen molar-refractivity contribution in [3.63, 3.8) is 0 Å². The minimum atomic E-state index is -0.114. The van der Waals surface area contributed by atoms with E-state index < -0.39 is 0 Å². The van der Waals surface area contributed by atoms with Crippen LogP contribution in [0.15, 0.2) is 36.5 Å². The van der Waals surface area contributed by atoms with Crippen LogP contribution in [-0.2, 0) is 6.42 Å². The van der Waals surface area contributed by atoms with Crippen LogP contribution >= 0.6 is 12.4 Å². The molecule has 1 aromatic carbocycles. The number of halogens is 1. The lowest BCUT2D eigenvalue weighted by atomic mass is 10.1. The number of hydrogen-bond donors (Lipinski definition) is 2. The van der Waals surface area contributed by atoms with Gasteiger partial charge in [0.05, 0.1) is 12.6 Å². The number of amides is 1. The van der Waals surface area contributed by atoms with E-state index in [2.05, 4.69) is 34.8 Å². The average molecular weight is 407 g/mol. The molecule has 28 heavy (non-hydrogen) atoms. The summed E-state index contributed by atoms with van der Waals surface area (Å²) in [6, 6.07) is 10.2. The lowest BCUT2D eigenvalue weighted by Crippen LogP contribution is -2.32. The Hall–Kier alpha value is -2.05. The zero-order chi connectivity index (χ0) is 18.9. The quantitative estimate of drug-likeness (QED) is 0.626. The average Bonchev–Trinajstić information content (AvgIpc) is 3.20. The molecule has 154 valence electrons. The minimum absolute atomic E-state index is 0. The monoisotopic (exact) mass is 406 g/mol. The van der Waals surface area contributed by atoms with E-state index in [1.807, 2.05) is 23.0 Å². The molecule has 6 nitrogen and oxygen atoms in total. The van der Waals surface area contributed by atoms with E-state index in [1.165, 1.54) is 5.56 Å². The summed E-state index contributed by atoms with van der Waals surface area (Å²) in [7, 11) is 0. The van der Waals surface area contributed by atoms with Gasteiger partial charge in [-0.1, -0.05) is 25.5 Å². The molecule has 1 aliphatic rings. The number of nitrogens with zero attached hydrogens (tertiary/aromatic N) is 2. The number of benzene rings is 1. The van der Waals surface area contributed by atoms with Gasteiger partial charge in [-0.3, -0.25) is 9.48 Å². The largest absolute Gasteiger partial charge is 0.494 e. The molecule has 2 N–H and O–H groups in total. The Labute approximate surface area is 173 Å². The summed E-state index contributed by atoms with van der Waals surface area (Å²) < 4.78 is 7.58. The lowest BCUT2D eigenvalue weighted by molar-refractivity contribution is 0.0947. The molecule has 1 saturated heterocycles. The molecule has 1 amide bonds. The van der Waals surface area contributed by atoms with Crippen molar-refractivity contribution in [2.45, 2.75) is 45.1 Å². The van der Waals surface area contributed by atoms with Crippen LogP contribution in [0.1, 0.15) is 54.7 Å².